The minimum Gasteiger partial charge on any atom is -0.508 e. The summed E-state index contributed by atoms with van der Waals surface area (Å²) in [5.41, 5.74) is 4.34. The fourth-order valence-electron chi connectivity index (χ4n) is 3.59. The van der Waals surface area contributed by atoms with E-state index in [2.05, 4.69) is 61.8 Å². The molecule has 0 amide bonds. The van der Waals surface area contributed by atoms with Gasteiger partial charge in [-0.15, -0.1) is 0 Å². The van der Waals surface area contributed by atoms with Crippen LogP contribution in [0.15, 0.2) is 71.2 Å². The van der Waals surface area contributed by atoms with Gasteiger partial charge in [-0.1, -0.05) is 64.5 Å². The minimum atomic E-state index is -0.473. The van der Waals surface area contributed by atoms with Crippen LogP contribution in [-0.4, -0.2) is 23.4 Å². The molecule has 1 N–H and O–H groups in total. The van der Waals surface area contributed by atoms with E-state index in [0.717, 1.165) is 32.2 Å². The maximum Gasteiger partial charge on any atom is 0.495 e. The van der Waals surface area contributed by atoms with Gasteiger partial charge in [0.05, 0.1) is 11.2 Å². The third kappa shape index (κ3) is 3.63. The van der Waals surface area contributed by atoms with Crippen LogP contribution in [0, 0.1) is 0 Å². The zero-order chi connectivity index (χ0) is 20.8. The molecule has 1 aliphatic rings. The molecule has 1 aliphatic heterocycles. The number of benzene rings is 3. The molecule has 0 unspecified atom stereocenters. The first kappa shape index (κ1) is 20.2. The summed E-state index contributed by atoms with van der Waals surface area (Å²) >= 11 is 3.74. The van der Waals surface area contributed by atoms with Gasteiger partial charge in [-0.25, -0.2) is 0 Å². The predicted octanol–water partition coefficient (Wildman–Crippen LogP) is 5.79. The quantitative estimate of drug-likeness (QED) is 0.513. The Balaban J connectivity index is 1.96. The molecule has 3 nitrogen and oxygen atoms in total. The van der Waals surface area contributed by atoms with Gasteiger partial charge in [0, 0.05) is 10.0 Å². The molecule has 0 radical (unpaired) electrons. The molecule has 1 fully saturated rings. The SMILES string of the molecule is CC1(C)OB(c2ccc(Br)c(-c3ccc(O)cc3)c2-c2ccccc2)OC1(C)C. The van der Waals surface area contributed by atoms with Gasteiger partial charge in [-0.3, -0.25) is 0 Å². The van der Waals surface area contributed by atoms with E-state index in [4.69, 9.17) is 9.31 Å². The predicted molar refractivity (Wildman–Crippen MR) is 122 cm³/mol. The first-order chi connectivity index (χ1) is 13.7. The summed E-state index contributed by atoms with van der Waals surface area (Å²) in [5, 5.41) is 9.75. The van der Waals surface area contributed by atoms with E-state index >= 15 is 0 Å². The summed E-state index contributed by atoms with van der Waals surface area (Å²) < 4.78 is 13.7. The Morgan fingerprint density at radius 3 is 1.86 bits per heavy atom. The fourth-order valence-corrected chi connectivity index (χ4v) is 4.15. The Kier molecular flexibility index (Phi) is 5.10. The van der Waals surface area contributed by atoms with Crippen LogP contribution in [0.1, 0.15) is 27.7 Å². The lowest BCUT2D eigenvalue weighted by molar-refractivity contribution is 0.00578. The van der Waals surface area contributed by atoms with Crippen molar-refractivity contribution in [1.29, 1.82) is 0 Å². The van der Waals surface area contributed by atoms with Crippen LogP contribution in [0.4, 0.5) is 0 Å². The zero-order valence-electron chi connectivity index (χ0n) is 17.1. The van der Waals surface area contributed by atoms with Gasteiger partial charge in [0.25, 0.3) is 0 Å². The van der Waals surface area contributed by atoms with E-state index in [0.29, 0.717) is 0 Å². The number of halogens is 1. The van der Waals surface area contributed by atoms with E-state index < -0.39 is 18.3 Å². The van der Waals surface area contributed by atoms with E-state index in [9.17, 15) is 5.11 Å². The lowest BCUT2D eigenvalue weighted by Crippen LogP contribution is -2.41. The summed E-state index contributed by atoms with van der Waals surface area (Å²) in [7, 11) is -0.473. The van der Waals surface area contributed by atoms with Crippen molar-refractivity contribution >= 4 is 28.5 Å². The molecule has 5 heteroatoms. The lowest BCUT2D eigenvalue weighted by Gasteiger charge is -2.32. The highest BCUT2D eigenvalue weighted by molar-refractivity contribution is 9.10. The average molecular weight is 451 g/mol. The Morgan fingerprint density at radius 1 is 0.724 bits per heavy atom. The van der Waals surface area contributed by atoms with Crippen LogP contribution < -0.4 is 5.46 Å². The van der Waals surface area contributed by atoms with Crippen molar-refractivity contribution in [1.82, 2.24) is 0 Å². The molecule has 0 spiro atoms. The fraction of sp³-hybridized carbons (Fsp3) is 0.250. The Hall–Kier alpha value is -2.08. The average Bonchev–Trinajstić information content (AvgIpc) is 2.90. The summed E-state index contributed by atoms with van der Waals surface area (Å²) in [6, 6.07) is 21.6. The van der Waals surface area contributed by atoms with Gasteiger partial charge >= 0.3 is 7.12 Å². The van der Waals surface area contributed by atoms with Crippen LogP contribution in [0.2, 0.25) is 0 Å². The van der Waals surface area contributed by atoms with Crippen molar-refractivity contribution in [3.8, 4) is 28.0 Å². The third-order valence-electron chi connectivity index (χ3n) is 5.91. The molecular formula is C24H24BBrO3. The molecule has 0 aliphatic carbocycles. The van der Waals surface area contributed by atoms with Crippen molar-refractivity contribution in [3.05, 3.63) is 71.2 Å². The van der Waals surface area contributed by atoms with Crippen LogP contribution in [0.3, 0.4) is 0 Å². The topological polar surface area (TPSA) is 38.7 Å². The Labute approximate surface area is 181 Å². The zero-order valence-corrected chi connectivity index (χ0v) is 18.7. The molecule has 4 rings (SSSR count). The van der Waals surface area contributed by atoms with Gasteiger partial charge in [-0.2, -0.15) is 0 Å². The van der Waals surface area contributed by atoms with Crippen molar-refractivity contribution in [3.63, 3.8) is 0 Å². The molecule has 0 atom stereocenters. The molecule has 1 saturated heterocycles. The molecule has 3 aromatic carbocycles. The normalized spacial score (nSPS) is 17.5. The van der Waals surface area contributed by atoms with Crippen LogP contribution in [0.25, 0.3) is 22.3 Å². The van der Waals surface area contributed by atoms with Crippen LogP contribution in [0.5, 0.6) is 5.75 Å². The summed E-state index contributed by atoms with van der Waals surface area (Å²) in [4.78, 5) is 0. The number of rotatable bonds is 3. The van der Waals surface area contributed by atoms with Crippen LogP contribution >= 0.6 is 15.9 Å². The Bertz CT molecular complexity index is 1010. The number of hydrogen-bond donors (Lipinski definition) is 1. The van der Waals surface area contributed by atoms with Crippen molar-refractivity contribution in [2.45, 2.75) is 38.9 Å². The number of hydrogen-bond acceptors (Lipinski definition) is 3. The van der Waals surface area contributed by atoms with Gasteiger partial charge in [-0.05, 0) is 68.0 Å². The molecule has 0 bridgehead atoms. The second-order valence-corrected chi connectivity index (χ2v) is 9.24. The van der Waals surface area contributed by atoms with Crippen molar-refractivity contribution < 1.29 is 14.4 Å². The molecule has 29 heavy (non-hydrogen) atoms. The van der Waals surface area contributed by atoms with Crippen LogP contribution in [-0.2, 0) is 9.31 Å². The largest absolute Gasteiger partial charge is 0.508 e. The van der Waals surface area contributed by atoms with Crippen molar-refractivity contribution in [2.75, 3.05) is 0 Å². The summed E-state index contributed by atoms with van der Waals surface area (Å²) in [6.07, 6.45) is 0. The molecule has 0 aromatic heterocycles. The maximum atomic E-state index is 9.75. The van der Waals surface area contributed by atoms with Gasteiger partial charge in [0.15, 0.2) is 0 Å². The van der Waals surface area contributed by atoms with Gasteiger partial charge in [0.1, 0.15) is 5.75 Å². The van der Waals surface area contributed by atoms with Crippen molar-refractivity contribution in [2.24, 2.45) is 0 Å². The molecule has 3 aromatic rings. The first-order valence-corrected chi connectivity index (χ1v) is 10.5. The van der Waals surface area contributed by atoms with E-state index in [1.165, 1.54) is 0 Å². The second kappa shape index (κ2) is 7.31. The number of phenols is 1. The maximum absolute atomic E-state index is 9.75. The minimum absolute atomic E-state index is 0.244. The molecule has 0 saturated carbocycles. The third-order valence-corrected chi connectivity index (χ3v) is 6.57. The van der Waals surface area contributed by atoms with E-state index in [1.54, 1.807) is 12.1 Å². The Morgan fingerprint density at radius 2 is 1.28 bits per heavy atom. The smallest absolute Gasteiger partial charge is 0.495 e. The van der Waals surface area contributed by atoms with E-state index in [-0.39, 0.29) is 5.75 Å². The number of phenolic OH excluding ortho intramolecular Hbond substituents is 1. The first-order valence-electron chi connectivity index (χ1n) is 9.72. The molecule has 1 heterocycles. The lowest BCUT2D eigenvalue weighted by atomic mass is 9.72. The van der Waals surface area contributed by atoms with Gasteiger partial charge < -0.3 is 14.4 Å². The second-order valence-electron chi connectivity index (χ2n) is 8.39. The highest BCUT2D eigenvalue weighted by atomic mass is 79.9. The summed E-state index contributed by atoms with van der Waals surface area (Å²) in [5.74, 6) is 0.244. The highest BCUT2D eigenvalue weighted by Gasteiger charge is 2.52. The molecular weight excluding hydrogens is 427 g/mol. The number of aromatic hydroxyl groups is 1. The van der Waals surface area contributed by atoms with E-state index in [1.807, 2.05) is 36.4 Å². The van der Waals surface area contributed by atoms with Gasteiger partial charge in [0.2, 0.25) is 0 Å². The highest BCUT2D eigenvalue weighted by Crippen LogP contribution is 2.41. The molecule has 148 valence electrons. The standard InChI is InChI=1S/C24H24BBrO3/c1-23(2)24(3,4)29-25(28-23)19-14-15-20(26)22(17-10-12-18(27)13-11-17)21(19)16-8-6-5-7-9-16/h5-15,27H,1-4H3. The summed E-state index contributed by atoms with van der Waals surface area (Å²) in [6.45, 7) is 8.26. The monoisotopic (exact) mass is 450 g/mol.